The molecule has 7 nitrogen and oxygen atoms in total. The summed E-state index contributed by atoms with van der Waals surface area (Å²) in [4.78, 5) is 27.9. The third-order valence-corrected chi connectivity index (χ3v) is 4.22. The Bertz CT molecular complexity index is 818. The van der Waals surface area contributed by atoms with Crippen molar-refractivity contribution in [2.24, 2.45) is 10.4 Å². The summed E-state index contributed by atoms with van der Waals surface area (Å²) in [5.41, 5.74) is 2.95. The van der Waals surface area contributed by atoms with Gasteiger partial charge in [0, 0.05) is 22.8 Å². The Balaban J connectivity index is 2.03. The third kappa shape index (κ3) is 8.27. The molecular formula is C23H33N3O4. The molecular weight excluding hydrogens is 382 g/mol. The van der Waals surface area contributed by atoms with Crippen molar-refractivity contribution in [3.05, 3.63) is 36.0 Å². The summed E-state index contributed by atoms with van der Waals surface area (Å²) < 4.78 is 10.2. The summed E-state index contributed by atoms with van der Waals surface area (Å²) in [6.07, 6.45) is 3.18. The Morgan fingerprint density at radius 3 is 2.33 bits per heavy atom. The van der Waals surface area contributed by atoms with Gasteiger partial charge in [-0.1, -0.05) is 13.8 Å². The monoisotopic (exact) mass is 415 g/mol. The molecule has 1 aromatic carbocycles. The van der Waals surface area contributed by atoms with Crippen LogP contribution in [0, 0.1) is 5.41 Å². The number of nitrogens with zero attached hydrogens (tertiary/aromatic N) is 1. The van der Waals surface area contributed by atoms with Crippen LogP contribution in [0.5, 0.6) is 0 Å². The first-order chi connectivity index (χ1) is 14.0. The molecule has 2 rings (SSSR count). The predicted octanol–water partition coefficient (Wildman–Crippen LogP) is 5.15. The molecule has 0 saturated heterocycles. The number of hydrogen-bond acceptors (Lipinski definition) is 6. The largest absolute Gasteiger partial charge is 0.465 e. The molecule has 0 saturated carbocycles. The Hall–Kier alpha value is -2.83. The Morgan fingerprint density at radius 2 is 1.73 bits per heavy atom. The summed E-state index contributed by atoms with van der Waals surface area (Å²) in [6.45, 7) is 12.0. The van der Waals surface area contributed by atoms with Gasteiger partial charge in [0.15, 0.2) is 0 Å². The molecule has 1 aliphatic rings. The fraction of sp³-hybridized carbons (Fsp3) is 0.522. The van der Waals surface area contributed by atoms with Crippen molar-refractivity contribution < 1.29 is 19.1 Å². The number of anilines is 2. The molecule has 0 radical (unpaired) electrons. The van der Waals surface area contributed by atoms with Crippen LogP contribution in [-0.2, 0) is 14.3 Å². The van der Waals surface area contributed by atoms with Crippen molar-refractivity contribution in [1.29, 1.82) is 0 Å². The van der Waals surface area contributed by atoms with Crippen LogP contribution in [0.3, 0.4) is 0 Å². The number of amides is 1. The highest BCUT2D eigenvalue weighted by Crippen LogP contribution is 2.34. The molecule has 0 aromatic heterocycles. The number of carbonyl (C=O) groups excluding carboxylic acids is 2. The minimum absolute atomic E-state index is 0.0305. The molecule has 164 valence electrons. The van der Waals surface area contributed by atoms with Crippen LogP contribution in [0.1, 0.15) is 54.4 Å². The van der Waals surface area contributed by atoms with Crippen molar-refractivity contribution in [1.82, 2.24) is 0 Å². The van der Waals surface area contributed by atoms with Crippen molar-refractivity contribution in [2.45, 2.75) is 60.0 Å². The standard InChI is InChI=1S/C23H33N3O4/c1-7-29-20(27)15-24-18-12-19(14-23(5,6)13-18)25-16-8-10-17(11-9-16)26-21(28)30-22(2,3)4/h8-12,25H,7,13-15H2,1-6H3,(H,26,28). The normalized spacial score (nSPS) is 17.1. The lowest BCUT2D eigenvalue weighted by atomic mass is 9.78. The highest BCUT2D eigenvalue weighted by molar-refractivity contribution is 5.98. The summed E-state index contributed by atoms with van der Waals surface area (Å²) in [5.74, 6) is -0.315. The molecule has 30 heavy (non-hydrogen) atoms. The van der Waals surface area contributed by atoms with E-state index in [-0.39, 0.29) is 17.9 Å². The number of allylic oxidation sites excluding steroid dienone is 2. The van der Waals surface area contributed by atoms with Crippen LogP contribution in [0.15, 0.2) is 41.0 Å². The van der Waals surface area contributed by atoms with E-state index in [1.54, 1.807) is 6.92 Å². The van der Waals surface area contributed by atoms with Gasteiger partial charge in [-0.05, 0) is 76.3 Å². The van der Waals surface area contributed by atoms with Gasteiger partial charge in [-0.25, -0.2) is 4.79 Å². The van der Waals surface area contributed by atoms with Crippen LogP contribution in [0.4, 0.5) is 16.2 Å². The van der Waals surface area contributed by atoms with Gasteiger partial charge in [0.1, 0.15) is 12.1 Å². The van der Waals surface area contributed by atoms with Crippen molar-refractivity contribution in [3.8, 4) is 0 Å². The van der Waals surface area contributed by atoms with Gasteiger partial charge in [-0.15, -0.1) is 0 Å². The second-order valence-electron chi connectivity index (χ2n) is 9.13. The van der Waals surface area contributed by atoms with Crippen molar-refractivity contribution in [2.75, 3.05) is 23.8 Å². The predicted molar refractivity (Wildman–Crippen MR) is 120 cm³/mol. The number of ether oxygens (including phenoxy) is 2. The molecule has 0 spiro atoms. The van der Waals surface area contributed by atoms with Gasteiger partial charge in [0.25, 0.3) is 0 Å². The molecule has 0 fully saturated rings. The van der Waals surface area contributed by atoms with Crippen molar-refractivity contribution >= 4 is 29.1 Å². The summed E-state index contributed by atoms with van der Waals surface area (Å²) in [6, 6.07) is 7.42. The van der Waals surface area contributed by atoms with Crippen molar-refractivity contribution in [3.63, 3.8) is 0 Å². The summed E-state index contributed by atoms with van der Waals surface area (Å²) in [7, 11) is 0. The second kappa shape index (κ2) is 9.78. The molecule has 0 atom stereocenters. The molecule has 1 aliphatic carbocycles. The highest BCUT2D eigenvalue weighted by Gasteiger charge is 2.26. The van der Waals surface area contributed by atoms with E-state index < -0.39 is 11.7 Å². The van der Waals surface area contributed by atoms with E-state index >= 15 is 0 Å². The quantitative estimate of drug-likeness (QED) is 0.627. The van der Waals surface area contributed by atoms with Crippen LogP contribution in [0.25, 0.3) is 0 Å². The number of hydrogen-bond donors (Lipinski definition) is 2. The van der Waals surface area contributed by atoms with Crippen LogP contribution >= 0.6 is 0 Å². The maximum absolute atomic E-state index is 11.9. The van der Waals surface area contributed by atoms with Gasteiger partial charge < -0.3 is 14.8 Å². The SMILES string of the molecule is CCOC(=O)CN=C1C=C(Nc2ccc(NC(=O)OC(C)(C)C)cc2)CC(C)(C)C1. The molecule has 0 bridgehead atoms. The fourth-order valence-corrected chi connectivity index (χ4v) is 3.17. The maximum Gasteiger partial charge on any atom is 0.412 e. The van der Waals surface area contributed by atoms with E-state index in [2.05, 4.69) is 29.5 Å². The zero-order valence-electron chi connectivity index (χ0n) is 18.8. The Labute approximate surface area is 178 Å². The molecule has 2 N–H and O–H groups in total. The zero-order chi connectivity index (χ0) is 22.4. The van der Waals surface area contributed by atoms with E-state index in [0.29, 0.717) is 12.3 Å². The second-order valence-corrected chi connectivity index (χ2v) is 9.13. The average Bonchev–Trinajstić information content (AvgIpc) is 2.59. The Kier molecular flexibility index (Phi) is 7.65. The first kappa shape index (κ1) is 23.4. The minimum Gasteiger partial charge on any atom is -0.465 e. The maximum atomic E-state index is 11.9. The van der Waals surface area contributed by atoms with Gasteiger partial charge in [0.05, 0.1) is 6.61 Å². The van der Waals surface area contributed by atoms with E-state index in [0.717, 1.165) is 29.9 Å². The first-order valence-electron chi connectivity index (χ1n) is 10.2. The Morgan fingerprint density at radius 1 is 1.10 bits per heavy atom. The molecule has 1 aromatic rings. The number of rotatable bonds is 6. The van der Waals surface area contributed by atoms with Crippen LogP contribution < -0.4 is 10.6 Å². The number of carbonyl (C=O) groups is 2. The van der Waals surface area contributed by atoms with E-state index in [9.17, 15) is 9.59 Å². The van der Waals surface area contributed by atoms with Gasteiger partial charge in [-0.3, -0.25) is 15.1 Å². The van der Waals surface area contributed by atoms with E-state index in [1.165, 1.54) is 0 Å². The van der Waals surface area contributed by atoms with Gasteiger partial charge in [-0.2, -0.15) is 0 Å². The van der Waals surface area contributed by atoms with Crippen LogP contribution in [0.2, 0.25) is 0 Å². The number of esters is 1. The molecule has 0 unspecified atom stereocenters. The van der Waals surface area contributed by atoms with Crippen LogP contribution in [-0.4, -0.2) is 36.5 Å². The highest BCUT2D eigenvalue weighted by atomic mass is 16.6. The number of nitrogens with one attached hydrogen (secondary N) is 2. The minimum atomic E-state index is -0.543. The summed E-state index contributed by atoms with van der Waals surface area (Å²) >= 11 is 0. The fourth-order valence-electron chi connectivity index (χ4n) is 3.17. The molecule has 7 heteroatoms. The molecule has 0 heterocycles. The first-order valence-corrected chi connectivity index (χ1v) is 10.2. The smallest absolute Gasteiger partial charge is 0.412 e. The third-order valence-electron chi connectivity index (χ3n) is 4.22. The lowest BCUT2D eigenvalue weighted by Gasteiger charge is -2.31. The van der Waals surface area contributed by atoms with Gasteiger partial charge in [0.2, 0.25) is 0 Å². The lowest BCUT2D eigenvalue weighted by Crippen LogP contribution is -2.27. The topological polar surface area (TPSA) is 89.0 Å². The zero-order valence-corrected chi connectivity index (χ0v) is 18.8. The van der Waals surface area contributed by atoms with E-state index in [1.807, 2.05) is 51.1 Å². The lowest BCUT2D eigenvalue weighted by molar-refractivity contribution is -0.141. The molecule has 1 amide bonds. The number of aliphatic imine (C=N–C) groups is 1. The van der Waals surface area contributed by atoms with E-state index in [4.69, 9.17) is 9.47 Å². The van der Waals surface area contributed by atoms with Gasteiger partial charge >= 0.3 is 12.1 Å². The number of benzene rings is 1. The summed E-state index contributed by atoms with van der Waals surface area (Å²) in [5, 5.41) is 6.14. The molecule has 0 aliphatic heterocycles. The average molecular weight is 416 g/mol.